The summed E-state index contributed by atoms with van der Waals surface area (Å²) in [7, 11) is 0. The quantitative estimate of drug-likeness (QED) is 0.724. The highest BCUT2D eigenvalue weighted by atomic mass is 16.5. The van der Waals surface area contributed by atoms with Gasteiger partial charge in [0, 0.05) is 18.4 Å². The highest BCUT2D eigenvalue weighted by Gasteiger charge is 2.18. The normalized spacial score (nSPS) is 12.4. The Morgan fingerprint density at radius 2 is 2.35 bits per heavy atom. The van der Waals surface area contributed by atoms with E-state index < -0.39 is 0 Å². The van der Waals surface area contributed by atoms with Crippen LogP contribution in [0.5, 0.6) is 0 Å². The second kappa shape index (κ2) is 7.06. The maximum atomic E-state index is 11.7. The monoisotopic (exact) mass is 239 g/mol. The van der Waals surface area contributed by atoms with Gasteiger partial charge in [0.05, 0.1) is 6.61 Å². The van der Waals surface area contributed by atoms with Gasteiger partial charge in [-0.2, -0.15) is 5.10 Å². The third-order valence-electron chi connectivity index (χ3n) is 2.58. The molecule has 0 saturated carbocycles. The number of carbonyl (C=O) groups excluding carboxylic acids is 1. The Balaban J connectivity index is 2.49. The summed E-state index contributed by atoms with van der Waals surface area (Å²) in [5.74, 6) is -0.181. The first-order valence-corrected chi connectivity index (χ1v) is 6.07. The standard InChI is InChI=1S/C12H21N3O2/c1-4-13-11(12(16)17-5-2)7-9-15-10(3)6-8-14-15/h6,8,11,13H,4-5,7,9H2,1-3H3. The SMILES string of the molecule is CCNC(CCn1nccc1C)C(=O)OCC. The molecule has 1 heterocycles. The number of esters is 1. The summed E-state index contributed by atoms with van der Waals surface area (Å²) < 4.78 is 6.92. The molecule has 0 radical (unpaired) electrons. The molecule has 0 spiro atoms. The van der Waals surface area contributed by atoms with Gasteiger partial charge in [0.2, 0.25) is 0 Å². The number of likely N-dealkylation sites (N-methyl/N-ethyl adjacent to an activating group) is 1. The molecule has 1 aromatic heterocycles. The van der Waals surface area contributed by atoms with Gasteiger partial charge in [-0.25, -0.2) is 0 Å². The molecule has 17 heavy (non-hydrogen) atoms. The molecule has 0 saturated heterocycles. The summed E-state index contributed by atoms with van der Waals surface area (Å²) >= 11 is 0. The Hall–Kier alpha value is -1.36. The second-order valence-corrected chi connectivity index (χ2v) is 3.85. The van der Waals surface area contributed by atoms with Gasteiger partial charge in [0.15, 0.2) is 0 Å². The van der Waals surface area contributed by atoms with Crippen LogP contribution in [0.25, 0.3) is 0 Å². The molecule has 0 aliphatic rings. The number of aromatic nitrogens is 2. The van der Waals surface area contributed by atoms with E-state index in [4.69, 9.17) is 4.74 Å². The molecule has 0 aliphatic heterocycles. The zero-order chi connectivity index (χ0) is 12.7. The lowest BCUT2D eigenvalue weighted by Gasteiger charge is -2.16. The molecule has 0 bridgehead atoms. The summed E-state index contributed by atoms with van der Waals surface area (Å²) in [4.78, 5) is 11.7. The van der Waals surface area contributed by atoms with Crippen molar-refractivity contribution in [3.8, 4) is 0 Å². The third kappa shape index (κ3) is 4.19. The lowest BCUT2D eigenvalue weighted by Crippen LogP contribution is -2.38. The van der Waals surface area contributed by atoms with Gasteiger partial charge >= 0.3 is 5.97 Å². The molecule has 0 aliphatic carbocycles. The number of carbonyl (C=O) groups is 1. The molecule has 5 nitrogen and oxygen atoms in total. The highest BCUT2D eigenvalue weighted by Crippen LogP contribution is 2.02. The minimum absolute atomic E-state index is 0.181. The fourth-order valence-electron chi connectivity index (χ4n) is 1.68. The van der Waals surface area contributed by atoms with Crippen LogP contribution in [0.2, 0.25) is 0 Å². The van der Waals surface area contributed by atoms with Gasteiger partial charge < -0.3 is 10.1 Å². The van der Waals surface area contributed by atoms with Crippen molar-refractivity contribution in [3.63, 3.8) is 0 Å². The fourth-order valence-corrected chi connectivity index (χ4v) is 1.68. The van der Waals surface area contributed by atoms with Gasteiger partial charge in [-0.15, -0.1) is 0 Å². The zero-order valence-electron chi connectivity index (χ0n) is 10.8. The first-order valence-electron chi connectivity index (χ1n) is 6.07. The fraction of sp³-hybridized carbons (Fsp3) is 0.667. The predicted octanol–water partition coefficient (Wildman–Crippen LogP) is 1.12. The van der Waals surface area contributed by atoms with Crippen LogP contribution in [0.4, 0.5) is 0 Å². The summed E-state index contributed by atoms with van der Waals surface area (Å²) in [6, 6.07) is 1.70. The Kier molecular flexibility index (Phi) is 5.69. The smallest absolute Gasteiger partial charge is 0.323 e. The van der Waals surface area contributed by atoms with E-state index in [1.165, 1.54) is 0 Å². The molecule has 1 atom stereocenters. The zero-order valence-corrected chi connectivity index (χ0v) is 10.8. The van der Waals surface area contributed by atoms with Gasteiger partial charge in [0.1, 0.15) is 6.04 Å². The minimum atomic E-state index is -0.247. The number of hydrogen-bond donors (Lipinski definition) is 1. The number of ether oxygens (including phenoxy) is 1. The van der Waals surface area contributed by atoms with Crippen molar-refractivity contribution in [2.24, 2.45) is 0 Å². The van der Waals surface area contributed by atoms with E-state index in [1.54, 1.807) is 6.20 Å². The third-order valence-corrected chi connectivity index (χ3v) is 2.58. The Bertz CT molecular complexity index is 349. The molecule has 1 rings (SSSR count). The summed E-state index contributed by atoms with van der Waals surface area (Å²) in [6.07, 6.45) is 2.46. The largest absolute Gasteiger partial charge is 0.465 e. The summed E-state index contributed by atoms with van der Waals surface area (Å²) in [5, 5.41) is 7.32. The Morgan fingerprint density at radius 1 is 1.59 bits per heavy atom. The van der Waals surface area contributed by atoms with Crippen molar-refractivity contribution in [2.75, 3.05) is 13.2 Å². The van der Waals surface area contributed by atoms with Crippen molar-refractivity contribution in [1.29, 1.82) is 0 Å². The van der Waals surface area contributed by atoms with E-state index in [-0.39, 0.29) is 12.0 Å². The molecule has 5 heteroatoms. The van der Waals surface area contributed by atoms with Crippen LogP contribution in [-0.4, -0.2) is 34.9 Å². The molecule has 1 aromatic rings. The van der Waals surface area contributed by atoms with Crippen molar-refractivity contribution in [3.05, 3.63) is 18.0 Å². The molecular weight excluding hydrogens is 218 g/mol. The van der Waals surface area contributed by atoms with Gasteiger partial charge in [-0.1, -0.05) is 6.92 Å². The van der Waals surface area contributed by atoms with Gasteiger partial charge in [-0.05, 0) is 32.9 Å². The summed E-state index contributed by atoms with van der Waals surface area (Å²) in [5.41, 5.74) is 1.10. The molecule has 1 unspecified atom stereocenters. The van der Waals surface area contributed by atoms with Crippen LogP contribution in [0.1, 0.15) is 26.0 Å². The number of rotatable bonds is 7. The lowest BCUT2D eigenvalue weighted by molar-refractivity contribution is -0.145. The average Bonchev–Trinajstić information content (AvgIpc) is 2.70. The maximum Gasteiger partial charge on any atom is 0.323 e. The van der Waals surface area contributed by atoms with Crippen molar-refractivity contribution in [2.45, 2.75) is 39.8 Å². The van der Waals surface area contributed by atoms with E-state index in [0.717, 1.165) is 18.8 Å². The van der Waals surface area contributed by atoms with E-state index in [2.05, 4.69) is 10.4 Å². The highest BCUT2D eigenvalue weighted by molar-refractivity contribution is 5.75. The molecule has 96 valence electrons. The van der Waals surface area contributed by atoms with Gasteiger partial charge in [-0.3, -0.25) is 9.48 Å². The minimum Gasteiger partial charge on any atom is -0.465 e. The first kappa shape index (κ1) is 13.7. The van der Waals surface area contributed by atoms with Crippen LogP contribution < -0.4 is 5.32 Å². The molecule has 0 aromatic carbocycles. The molecule has 0 amide bonds. The molecule has 0 fully saturated rings. The van der Waals surface area contributed by atoms with Crippen LogP contribution >= 0.6 is 0 Å². The van der Waals surface area contributed by atoms with Crippen LogP contribution in [0.3, 0.4) is 0 Å². The number of nitrogens with zero attached hydrogens (tertiary/aromatic N) is 2. The summed E-state index contributed by atoms with van der Waals surface area (Å²) in [6.45, 7) is 7.68. The van der Waals surface area contributed by atoms with E-state index >= 15 is 0 Å². The molecule has 1 N–H and O–H groups in total. The van der Waals surface area contributed by atoms with E-state index in [0.29, 0.717) is 13.0 Å². The molecular formula is C12H21N3O2. The van der Waals surface area contributed by atoms with Crippen molar-refractivity contribution >= 4 is 5.97 Å². The van der Waals surface area contributed by atoms with Gasteiger partial charge in [0.25, 0.3) is 0 Å². The number of nitrogens with one attached hydrogen (secondary N) is 1. The van der Waals surface area contributed by atoms with Crippen molar-refractivity contribution in [1.82, 2.24) is 15.1 Å². The Morgan fingerprint density at radius 3 is 2.88 bits per heavy atom. The topological polar surface area (TPSA) is 56.2 Å². The predicted molar refractivity (Wildman–Crippen MR) is 65.7 cm³/mol. The Labute approximate surface area is 102 Å². The lowest BCUT2D eigenvalue weighted by atomic mass is 10.2. The van der Waals surface area contributed by atoms with E-state index in [1.807, 2.05) is 31.5 Å². The van der Waals surface area contributed by atoms with Crippen LogP contribution in [0, 0.1) is 6.92 Å². The maximum absolute atomic E-state index is 11.7. The van der Waals surface area contributed by atoms with Crippen LogP contribution in [0.15, 0.2) is 12.3 Å². The van der Waals surface area contributed by atoms with E-state index in [9.17, 15) is 4.79 Å². The average molecular weight is 239 g/mol. The van der Waals surface area contributed by atoms with Crippen LogP contribution in [-0.2, 0) is 16.1 Å². The number of aryl methyl sites for hydroxylation is 2. The van der Waals surface area contributed by atoms with Crippen molar-refractivity contribution < 1.29 is 9.53 Å². The second-order valence-electron chi connectivity index (χ2n) is 3.85. The first-order chi connectivity index (χ1) is 8.19. The number of hydrogen-bond acceptors (Lipinski definition) is 4.